The third-order valence-electron chi connectivity index (χ3n) is 2.31. The first-order chi connectivity index (χ1) is 8.37. The van der Waals surface area contributed by atoms with Crippen molar-refractivity contribution in [2.75, 3.05) is 25.5 Å². The smallest absolute Gasteiger partial charge is 0.373 e. The average Bonchev–Trinajstić information content (AvgIpc) is 2.34. The van der Waals surface area contributed by atoms with Crippen LogP contribution in [0.1, 0.15) is 17.3 Å². The van der Waals surface area contributed by atoms with Gasteiger partial charge in [-0.1, -0.05) is 0 Å². The van der Waals surface area contributed by atoms with Gasteiger partial charge < -0.3 is 10.2 Å². The van der Waals surface area contributed by atoms with E-state index in [4.69, 9.17) is 0 Å². The van der Waals surface area contributed by atoms with Crippen LogP contribution < -0.4 is 5.32 Å². The van der Waals surface area contributed by atoms with Gasteiger partial charge in [0.05, 0.1) is 5.56 Å². The van der Waals surface area contributed by atoms with Crippen LogP contribution in [-0.2, 0) is 0 Å². The Bertz CT molecular complexity index is 403. The third kappa shape index (κ3) is 3.90. The molecule has 0 aliphatic rings. The highest BCUT2D eigenvalue weighted by molar-refractivity contribution is 5.94. The molecule has 18 heavy (non-hydrogen) atoms. The first-order valence-electron chi connectivity index (χ1n) is 5.37. The first kappa shape index (κ1) is 14.3. The highest BCUT2D eigenvalue weighted by atomic mass is 19.4. The number of pyridine rings is 1. The lowest BCUT2D eigenvalue weighted by Crippen LogP contribution is -2.38. The van der Waals surface area contributed by atoms with Gasteiger partial charge >= 0.3 is 6.18 Å². The highest BCUT2D eigenvalue weighted by Gasteiger charge is 2.32. The van der Waals surface area contributed by atoms with Gasteiger partial charge in [-0.3, -0.25) is 4.79 Å². The van der Waals surface area contributed by atoms with Crippen LogP contribution in [0.2, 0.25) is 0 Å². The molecule has 0 spiro atoms. The molecule has 1 aromatic rings. The summed E-state index contributed by atoms with van der Waals surface area (Å²) >= 11 is 0. The fourth-order valence-electron chi connectivity index (χ4n) is 1.39. The normalized spacial score (nSPS) is 11.2. The molecule has 1 N–H and O–H groups in total. The molecule has 1 heterocycles. The molecule has 0 unspecified atom stereocenters. The topological polar surface area (TPSA) is 45.2 Å². The number of halogens is 3. The molecule has 4 nitrogen and oxygen atoms in total. The maximum atomic E-state index is 12.3. The number of carbonyl (C=O) groups excluding carboxylic acids is 1. The van der Waals surface area contributed by atoms with Crippen molar-refractivity contribution in [3.8, 4) is 0 Å². The highest BCUT2D eigenvalue weighted by Crippen LogP contribution is 2.18. The standard InChI is InChI=1S/C11H14F3N3O/c1-3-17(7-11(12,13)14)10(18)8-4-5-9(15-2)16-6-8/h4-6H,3,7H2,1-2H3,(H,15,16). The van der Waals surface area contributed by atoms with Gasteiger partial charge in [0, 0.05) is 19.8 Å². The Morgan fingerprint density at radius 1 is 1.44 bits per heavy atom. The molecule has 100 valence electrons. The zero-order valence-electron chi connectivity index (χ0n) is 10.1. The van der Waals surface area contributed by atoms with Crippen molar-refractivity contribution < 1.29 is 18.0 Å². The fraction of sp³-hybridized carbons (Fsp3) is 0.455. The number of nitrogens with zero attached hydrogens (tertiary/aromatic N) is 2. The summed E-state index contributed by atoms with van der Waals surface area (Å²) in [6, 6.07) is 2.98. The first-order valence-corrected chi connectivity index (χ1v) is 5.37. The van der Waals surface area contributed by atoms with Crippen LogP contribution in [0.5, 0.6) is 0 Å². The van der Waals surface area contributed by atoms with Crippen LogP contribution in [0.4, 0.5) is 19.0 Å². The van der Waals surface area contributed by atoms with E-state index >= 15 is 0 Å². The molecule has 0 atom stereocenters. The van der Waals surface area contributed by atoms with Crippen molar-refractivity contribution in [1.82, 2.24) is 9.88 Å². The molecule has 7 heteroatoms. The molecule has 0 fully saturated rings. The molecule has 0 radical (unpaired) electrons. The Labute approximate surface area is 103 Å². The number of hydrogen-bond acceptors (Lipinski definition) is 3. The van der Waals surface area contributed by atoms with E-state index in [0.29, 0.717) is 5.82 Å². The monoisotopic (exact) mass is 261 g/mol. The molecule has 0 bridgehead atoms. The van der Waals surface area contributed by atoms with Gasteiger partial charge in [0.2, 0.25) is 0 Å². The van der Waals surface area contributed by atoms with Crippen LogP contribution in [0.3, 0.4) is 0 Å². The van der Waals surface area contributed by atoms with E-state index in [-0.39, 0.29) is 12.1 Å². The molecule has 0 saturated heterocycles. The molecule has 0 aromatic carbocycles. The van der Waals surface area contributed by atoms with Crippen molar-refractivity contribution in [3.05, 3.63) is 23.9 Å². The van der Waals surface area contributed by atoms with Gasteiger partial charge in [0.1, 0.15) is 12.4 Å². The number of alkyl halides is 3. The maximum Gasteiger partial charge on any atom is 0.406 e. The predicted molar refractivity (Wildman–Crippen MR) is 61.4 cm³/mol. The van der Waals surface area contributed by atoms with Crippen LogP contribution in [0, 0.1) is 0 Å². The summed E-state index contributed by atoms with van der Waals surface area (Å²) in [4.78, 5) is 16.4. The lowest BCUT2D eigenvalue weighted by atomic mass is 10.2. The van der Waals surface area contributed by atoms with E-state index in [9.17, 15) is 18.0 Å². The summed E-state index contributed by atoms with van der Waals surface area (Å²) < 4.78 is 36.8. The van der Waals surface area contributed by atoms with Gasteiger partial charge in [-0.15, -0.1) is 0 Å². The second kappa shape index (κ2) is 5.70. The van der Waals surface area contributed by atoms with Crippen molar-refractivity contribution in [2.45, 2.75) is 13.1 Å². The lowest BCUT2D eigenvalue weighted by molar-refractivity contribution is -0.140. The number of nitrogens with one attached hydrogen (secondary N) is 1. The Kier molecular flexibility index (Phi) is 4.52. The summed E-state index contributed by atoms with van der Waals surface area (Å²) in [7, 11) is 1.66. The fourth-order valence-corrected chi connectivity index (χ4v) is 1.39. The SMILES string of the molecule is CCN(CC(F)(F)F)C(=O)c1ccc(NC)nc1. The summed E-state index contributed by atoms with van der Waals surface area (Å²) in [5.41, 5.74) is 0.139. The minimum absolute atomic E-state index is 0.00781. The molecule has 1 aromatic heterocycles. The van der Waals surface area contributed by atoms with E-state index in [1.165, 1.54) is 25.3 Å². The van der Waals surface area contributed by atoms with Crippen LogP contribution in [0.15, 0.2) is 18.3 Å². The summed E-state index contributed by atoms with van der Waals surface area (Å²) in [5.74, 6) is -0.129. The van der Waals surface area contributed by atoms with Crippen LogP contribution in [-0.4, -0.2) is 42.1 Å². The summed E-state index contributed by atoms with van der Waals surface area (Å²) in [6.45, 7) is 0.237. The Morgan fingerprint density at radius 3 is 2.50 bits per heavy atom. The zero-order chi connectivity index (χ0) is 13.8. The molecule has 0 aliphatic heterocycles. The van der Waals surface area contributed by atoms with Crippen molar-refractivity contribution in [1.29, 1.82) is 0 Å². The number of amides is 1. The molecule has 1 rings (SSSR count). The Morgan fingerprint density at radius 2 is 2.11 bits per heavy atom. The van der Waals surface area contributed by atoms with Crippen LogP contribution in [0.25, 0.3) is 0 Å². The molecule has 0 aliphatic carbocycles. The number of aromatic nitrogens is 1. The second-order valence-corrected chi connectivity index (χ2v) is 3.62. The van der Waals surface area contributed by atoms with Gasteiger partial charge in [-0.05, 0) is 19.1 Å². The molecular weight excluding hydrogens is 247 g/mol. The minimum atomic E-state index is -4.40. The minimum Gasteiger partial charge on any atom is -0.373 e. The number of rotatable bonds is 4. The van der Waals surface area contributed by atoms with E-state index in [1.54, 1.807) is 7.05 Å². The van der Waals surface area contributed by atoms with Crippen molar-refractivity contribution in [2.24, 2.45) is 0 Å². The van der Waals surface area contributed by atoms with E-state index in [0.717, 1.165) is 4.90 Å². The molecule has 0 saturated carbocycles. The largest absolute Gasteiger partial charge is 0.406 e. The Hall–Kier alpha value is -1.79. The van der Waals surface area contributed by atoms with Gasteiger partial charge in [0.25, 0.3) is 5.91 Å². The van der Waals surface area contributed by atoms with Crippen molar-refractivity contribution >= 4 is 11.7 Å². The van der Waals surface area contributed by atoms with Gasteiger partial charge in [0.15, 0.2) is 0 Å². The summed E-state index contributed by atoms with van der Waals surface area (Å²) in [6.07, 6.45) is -3.14. The maximum absolute atomic E-state index is 12.3. The third-order valence-corrected chi connectivity index (χ3v) is 2.31. The summed E-state index contributed by atoms with van der Waals surface area (Å²) in [5, 5.41) is 2.76. The number of carbonyl (C=O) groups is 1. The van der Waals surface area contributed by atoms with Crippen LogP contribution >= 0.6 is 0 Å². The van der Waals surface area contributed by atoms with E-state index in [2.05, 4.69) is 10.3 Å². The van der Waals surface area contributed by atoms with Gasteiger partial charge in [-0.25, -0.2) is 4.98 Å². The second-order valence-electron chi connectivity index (χ2n) is 3.62. The van der Waals surface area contributed by atoms with E-state index < -0.39 is 18.6 Å². The van der Waals surface area contributed by atoms with Gasteiger partial charge in [-0.2, -0.15) is 13.2 Å². The molecule has 1 amide bonds. The lowest BCUT2D eigenvalue weighted by Gasteiger charge is -2.22. The predicted octanol–water partition coefficient (Wildman–Crippen LogP) is 2.15. The number of anilines is 1. The number of hydrogen-bond donors (Lipinski definition) is 1. The average molecular weight is 261 g/mol. The quantitative estimate of drug-likeness (QED) is 0.903. The van der Waals surface area contributed by atoms with E-state index in [1.807, 2.05) is 0 Å². The van der Waals surface area contributed by atoms with Crippen molar-refractivity contribution in [3.63, 3.8) is 0 Å². The molecular formula is C11H14F3N3O. The zero-order valence-corrected chi connectivity index (χ0v) is 10.1. The Balaban J connectivity index is 2.82.